The molecule has 2 heterocycles. The Labute approximate surface area is 134 Å². The van der Waals surface area contributed by atoms with Crippen LogP contribution in [0.2, 0.25) is 0 Å². The first kappa shape index (κ1) is 13.8. The third-order valence-corrected chi connectivity index (χ3v) is 3.53. The number of hydrogen-bond acceptors (Lipinski definition) is 4. The van der Waals surface area contributed by atoms with Gasteiger partial charge in [-0.15, -0.1) is 0 Å². The topological polar surface area (TPSA) is 58.9 Å². The number of aromatic nitrogens is 4. The summed E-state index contributed by atoms with van der Waals surface area (Å²) in [6, 6.07) is 13.4. The van der Waals surface area contributed by atoms with Gasteiger partial charge in [0.25, 0.3) is 0 Å². The van der Waals surface area contributed by atoms with Crippen LogP contribution < -0.4 is 0 Å². The van der Waals surface area contributed by atoms with Gasteiger partial charge in [-0.2, -0.15) is 14.9 Å². The molecule has 0 amide bonds. The summed E-state index contributed by atoms with van der Waals surface area (Å²) in [5.74, 6) is 0.578. The molecule has 7 heteroatoms. The fraction of sp³-hybridized carbons (Fsp3) is 0. The van der Waals surface area contributed by atoms with E-state index in [0.717, 1.165) is 10.0 Å². The molecule has 3 rings (SSSR count). The number of hydrogen-bond donors (Lipinski definition) is 1. The van der Waals surface area contributed by atoms with Crippen LogP contribution in [-0.2, 0) is 0 Å². The summed E-state index contributed by atoms with van der Waals surface area (Å²) in [6.07, 6.45) is 3.43. The second-order valence-corrected chi connectivity index (χ2v) is 5.48. The lowest BCUT2D eigenvalue weighted by molar-refractivity contribution is 0.867. The van der Waals surface area contributed by atoms with Gasteiger partial charge in [-0.3, -0.25) is 4.98 Å². The first-order valence-corrected chi connectivity index (χ1v) is 7.33. The van der Waals surface area contributed by atoms with Crippen molar-refractivity contribution in [3.63, 3.8) is 0 Å². The number of rotatable bonds is 3. The van der Waals surface area contributed by atoms with Gasteiger partial charge in [-0.25, -0.2) is 5.10 Å². The average Bonchev–Trinajstić information content (AvgIpc) is 2.89. The second-order valence-electron chi connectivity index (χ2n) is 4.18. The fourth-order valence-corrected chi connectivity index (χ4v) is 2.18. The zero-order valence-corrected chi connectivity index (χ0v) is 13.2. The zero-order valence-electron chi connectivity index (χ0n) is 10.8. The molecule has 0 aliphatic heterocycles. The van der Waals surface area contributed by atoms with E-state index in [-0.39, 0.29) is 0 Å². The van der Waals surface area contributed by atoms with E-state index in [2.05, 4.69) is 36.2 Å². The Kier molecular flexibility index (Phi) is 4.03. The van der Waals surface area contributed by atoms with Gasteiger partial charge in [0.2, 0.25) is 10.6 Å². The molecule has 0 bridgehead atoms. The molecule has 0 saturated carbocycles. The molecule has 0 atom stereocenters. The quantitative estimate of drug-likeness (QED) is 0.573. The highest BCUT2D eigenvalue weighted by Crippen LogP contribution is 2.14. The summed E-state index contributed by atoms with van der Waals surface area (Å²) in [6.45, 7) is 0. The molecular weight excluding hydrogens is 350 g/mol. The number of pyridine rings is 1. The molecule has 1 aromatic carbocycles. The van der Waals surface area contributed by atoms with Gasteiger partial charge in [0.15, 0.2) is 0 Å². The Morgan fingerprint density at radius 1 is 1.19 bits per heavy atom. The summed E-state index contributed by atoms with van der Waals surface area (Å²) in [4.78, 5) is 4.26. The third kappa shape index (κ3) is 3.14. The first-order chi connectivity index (χ1) is 10.2. The van der Waals surface area contributed by atoms with E-state index >= 15 is 0 Å². The van der Waals surface area contributed by atoms with Crippen LogP contribution in [0.1, 0.15) is 5.56 Å². The van der Waals surface area contributed by atoms with Gasteiger partial charge in [-0.1, -0.05) is 34.1 Å². The lowest BCUT2D eigenvalue weighted by Crippen LogP contribution is -1.96. The lowest BCUT2D eigenvalue weighted by Gasteiger charge is -1.99. The van der Waals surface area contributed by atoms with Crippen molar-refractivity contribution in [1.82, 2.24) is 19.9 Å². The summed E-state index contributed by atoms with van der Waals surface area (Å²) in [5, 5.41) is 11.3. The lowest BCUT2D eigenvalue weighted by atomic mass is 10.2. The van der Waals surface area contributed by atoms with Gasteiger partial charge in [0, 0.05) is 10.7 Å². The average molecular weight is 360 g/mol. The van der Waals surface area contributed by atoms with Crippen molar-refractivity contribution in [2.24, 2.45) is 5.10 Å². The minimum Gasteiger partial charge on any atom is -0.253 e. The Morgan fingerprint density at radius 2 is 2.00 bits per heavy atom. The van der Waals surface area contributed by atoms with Crippen LogP contribution in [-0.4, -0.2) is 26.1 Å². The number of aromatic amines is 1. The van der Waals surface area contributed by atoms with E-state index in [9.17, 15) is 0 Å². The monoisotopic (exact) mass is 359 g/mol. The van der Waals surface area contributed by atoms with E-state index in [1.54, 1.807) is 17.1 Å². The molecule has 21 heavy (non-hydrogen) atoms. The predicted octanol–water partition coefficient (Wildman–Crippen LogP) is 3.65. The molecule has 0 spiro atoms. The number of nitrogens with zero attached hydrogens (tertiary/aromatic N) is 4. The Balaban J connectivity index is 1.98. The van der Waals surface area contributed by atoms with Crippen LogP contribution in [0, 0.1) is 4.77 Å². The Morgan fingerprint density at radius 3 is 2.71 bits per heavy atom. The maximum absolute atomic E-state index is 5.20. The van der Waals surface area contributed by atoms with Crippen molar-refractivity contribution in [3.05, 3.63) is 63.5 Å². The molecule has 5 nitrogen and oxygen atoms in total. The van der Waals surface area contributed by atoms with Crippen molar-refractivity contribution in [2.75, 3.05) is 0 Å². The van der Waals surface area contributed by atoms with Crippen LogP contribution in [0.4, 0.5) is 0 Å². The molecular formula is C14H10BrN5S. The zero-order chi connectivity index (χ0) is 14.7. The number of nitrogens with one attached hydrogen (secondary N) is 1. The van der Waals surface area contributed by atoms with Crippen molar-refractivity contribution >= 4 is 34.4 Å². The van der Waals surface area contributed by atoms with Crippen molar-refractivity contribution in [1.29, 1.82) is 0 Å². The minimum absolute atomic E-state index is 0.420. The SMILES string of the molecule is S=c1[nH]nc(-c2ccccn2)n1N=Cc1ccc(Br)cc1. The summed E-state index contributed by atoms with van der Waals surface area (Å²) >= 11 is 8.60. The number of halogens is 1. The van der Waals surface area contributed by atoms with E-state index in [4.69, 9.17) is 12.2 Å². The van der Waals surface area contributed by atoms with Gasteiger partial charge >= 0.3 is 0 Å². The largest absolute Gasteiger partial charge is 0.253 e. The van der Waals surface area contributed by atoms with E-state index < -0.39 is 0 Å². The Hall–Kier alpha value is -2.12. The standard InChI is InChI=1S/C14H10BrN5S/c15-11-6-4-10(5-7-11)9-17-20-13(18-19-14(20)21)12-3-1-2-8-16-12/h1-9H,(H,19,21). The third-order valence-electron chi connectivity index (χ3n) is 2.74. The molecule has 2 aromatic heterocycles. The molecule has 3 aromatic rings. The van der Waals surface area contributed by atoms with Gasteiger partial charge in [0.1, 0.15) is 5.69 Å². The minimum atomic E-state index is 0.420. The highest BCUT2D eigenvalue weighted by molar-refractivity contribution is 9.10. The normalized spacial score (nSPS) is 11.1. The number of benzene rings is 1. The summed E-state index contributed by atoms with van der Waals surface area (Å²) < 4.78 is 3.00. The number of H-pyrrole nitrogens is 1. The molecule has 0 aliphatic carbocycles. The smallest absolute Gasteiger partial charge is 0.216 e. The first-order valence-electron chi connectivity index (χ1n) is 6.13. The molecule has 0 unspecified atom stereocenters. The predicted molar refractivity (Wildman–Crippen MR) is 87.8 cm³/mol. The highest BCUT2D eigenvalue weighted by atomic mass is 79.9. The van der Waals surface area contributed by atoms with E-state index in [1.165, 1.54) is 0 Å². The molecule has 0 aliphatic rings. The van der Waals surface area contributed by atoms with Crippen LogP contribution in [0.3, 0.4) is 0 Å². The maximum Gasteiger partial charge on any atom is 0.216 e. The van der Waals surface area contributed by atoms with Crippen molar-refractivity contribution in [3.8, 4) is 11.5 Å². The summed E-state index contributed by atoms with van der Waals surface area (Å²) in [7, 11) is 0. The van der Waals surface area contributed by atoms with E-state index in [0.29, 0.717) is 16.3 Å². The highest BCUT2D eigenvalue weighted by Gasteiger charge is 2.08. The molecule has 0 radical (unpaired) electrons. The van der Waals surface area contributed by atoms with Crippen molar-refractivity contribution in [2.45, 2.75) is 0 Å². The molecule has 0 fully saturated rings. The van der Waals surface area contributed by atoms with Gasteiger partial charge < -0.3 is 0 Å². The molecule has 104 valence electrons. The molecule has 1 N–H and O–H groups in total. The van der Waals surface area contributed by atoms with Gasteiger partial charge in [-0.05, 0) is 42.0 Å². The Bertz CT molecular complexity index is 821. The van der Waals surface area contributed by atoms with E-state index in [1.807, 2.05) is 42.5 Å². The van der Waals surface area contributed by atoms with Crippen LogP contribution in [0.25, 0.3) is 11.5 Å². The summed E-state index contributed by atoms with van der Waals surface area (Å²) in [5.41, 5.74) is 1.67. The maximum atomic E-state index is 5.20. The van der Waals surface area contributed by atoms with Crippen LogP contribution in [0.15, 0.2) is 58.2 Å². The van der Waals surface area contributed by atoms with Crippen LogP contribution in [0.5, 0.6) is 0 Å². The fourth-order valence-electron chi connectivity index (χ4n) is 1.73. The second kappa shape index (κ2) is 6.11. The molecule has 0 saturated heterocycles. The van der Waals surface area contributed by atoms with Gasteiger partial charge in [0.05, 0.1) is 6.21 Å². The van der Waals surface area contributed by atoms with Crippen LogP contribution >= 0.6 is 28.1 Å². The van der Waals surface area contributed by atoms with Crippen molar-refractivity contribution < 1.29 is 0 Å².